The average molecular weight is 151 g/mol. The van der Waals surface area contributed by atoms with Gasteiger partial charge in [-0.25, -0.2) is 0 Å². The van der Waals surface area contributed by atoms with E-state index < -0.39 is 0 Å². The zero-order valence-corrected chi connectivity index (χ0v) is 7.07. The number of halogens is 1. The van der Waals surface area contributed by atoms with Gasteiger partial charge in [0.2, 0.25) is 0 Å². The fraction of sp³-hybridized carbons (Fsp3) is 0.857. The van der Waals surface area contributed by atoms with Gasteiger partial charge in [-0.3, -0.25) is 0 Å². The van der Waals surface area contributed by atoms with Crippen molar-refractivity contribution in [2.24, 2.45) is 11.8 Å². The van der Waals surface area contributed by atoms with Gasteiger partial charge in [0.25, 0.3) is 0 Å². The van der Waals surface area contributed by atoms with Crippen LogP contribution in [0.4, 0.5) is 0 Å². The Kier molecular flexibility index (Phi) is 7.92. The Labute approximate surface area is 63.2 Å². The van der Waals surface area contributed by atoms with Crippen molar-refractivity contribution in [2.75, 3.05) is 0 Å². The molecular weight excluding hydrogens is 136 g/mol. The molecule has 0 aromatic carbocycles. The van der Waals surface area contributed by atoms with E-state index in [9.17, 15) is 4.79 Å². The summed E-state index contributed by atoms with van der Waals surface area (Å²) in [5.74, 6) is 0.785. The van der Waals surface area contributed by atoms with Gasteiger partial charge in [-0.15, -0.1) is 12.4 Å². The molecule has 0 amide bonds. The molecule has 0 aliphatic carbocycles. The first kappa shape index (κ1) is 11.7. The highest BCUT2D eigenvalue weighted by atomic mass is 35.5. The predicted octanol–water partition coefficient (Wildman–Crippen LogP) is 2.29. The summed E-state index contributed by atoms with van der Waals surface area (Å²) in [5, 5.41) is 0. The van der Waals surface area contributed by atoms with E-state index >= 15 is 0 Å². The number of rotatable bonds is 3. The lowest BCUT2D eigenvalue weighted by Crippen LogP contribution is -2.06. The second-order valence-corrected chi connectivity index (χ2v) is 2.38. The van der Waals surface area contributed by atoms with Crippen LogP contribution in [0.15, 0.2) is 0 Å². The van der Waals surface area contributed by atoms with E-state index in [1.54, 1.807) is 0 Å². The van der Waals surface area contributed by atoms with Crippen molar-refractivity contribution in [3.8, 4) is 0 Å². The topological polar surface area (TPSA) is 17.1 Å². The van der Waals surface area contributed by atoms with E-state index in [-0.39, 0.29) is 18.3 Å². The van der Waals surface area contributed by atoms with E-state index in [1.807, 2.05) is 6.92 Å². The third-order valence-corrected chi connectivity index (χ3v) is 1.76. The molecule has 2 heteroatoms. The molecule has 0 radical (unpaired) electrons. The minimum atomic E-state index is 0. The minimum Gasteiger partial charge on any atom is -0.303 e. The predicted molar refractivity (Wildman–Crippen MR) is 41.9 cm³/mol. The lowest BCUT2D eigenvalue weighted by molar-refractivity contribution is -0.111. The van der Waals surface area contributed by atoms with Crippen molar-refractivity contribution in [2.45, 2.75) is 27.2 Å². The van der Waals surface area contributed by atoms with Crippen molar-refractivity contribution < 1.29 is 4.79 Å². The molecule has 0 aliphatic heterocycles. The number of carbonyl (C=O) groups excluding carboxylic acids is 1. The van der Waals surface area contributed by atoms with Gasteiger partial charge < -0.3 is 4.79 Å². The van der Waals surface area contributed by atoms with E-state index in [2.05, 4.69) is 13.8 Å². The summed E-state index contributed by atoms with van der Waals surface area (Å²) in [6.07, 6.45) is 2.12. The second kappa shape index (κ2) is 6.09. The summed E-state index contributed by atoms with van der Waals surface area (Å²) in [5.41, 5.74) is 0. The molecule has 0 aliphatic rings. The van der Waals surface area contributed by atoms with Crippen LogP contribution in [0.25, 0.3) is 0 Å². The Balaban J connectivity index is 0. The first-order valence-electron chi connectivity index (χ1n) is 3.17. The number of hydrogen-bond donors (Lipinski definition) is 0. The maximum atomic E-state index is 10.1. The number of hydrogen-bond acceptors (Lipinski definition) is 1. The standard InChI is InChI=1S/C7H14O.ClH/c1-4-6(2)7(3)5-8;/h5-7H,4H2,1-3H3;1H. The first-order chi connectivity index (χ1) is 3.72. The molecule has 0 N–H and O–H groups in total. The normalized spacial score (nSPS) is 15.4. The van der Waals surface area contributed by atoms with Crippen LogP contribution in [0.3, 0.4) is 0 Å². The smallest absolute Gasteiger partial charge is 0.123 e. The SMILES string of the molecule is CCC(C)C(C)C=O.Cl. The lowest BCUT2D eigenvalue weighted by Gasteiger charge is -2.09. The molecule has 0 bridgehead atoms. The van der Waals surface area contributed by atoms with Gasteiger partial charge in [0.05, 0.1) is 0 Å². The molecule has 0 saturated carbocycles. The molecule has 56 valence electrons. The highest BCUT2D eigenvalue weighted by Gasteiger charge is 2.06. The number of carbonyl (C=O) groups is 1. The van der Waals surface area contributed by atoms with Gasteiger partial charge in [0.1, 0.15) is 6.29 Å². The van der Waals surface area contributed by atoms with Gasteiger partial charge >= 0.3 is 0 Å². The zero-order valence-electron chi connectivity index (χ0n) is 6.26. The molecule has 0 aromatic rings. The third kappa shape index (κ3) is 4.46. The van der Waals surface area contributed by atoms with Crippen LogP contribution in [-0.2, 0) is 4.79 Å². The molecule has 9 heavy (non-hydrogen) atoms. The Morgan fingerprint density at radius 3 is 2.00 bits per heavy atom. The summed E-state index contributed by atoms with van der Waals surface area (Å²) in [7, 11) is 0. The lowest BCUT2D eigenvalue weighted by atomic mass is 9.95. The fourth-order valence-electron chi connectivity index (χ4n) is 0.506. The van der Waals surface area contributed by atoms with Gasteiger partial charge in [0, 0.05) is 5.92 Å². The van der Waals surface area contributed by atoms with E-state index in [4.69, 9.17) is 0 Å². The summed E-state index contributed by atoms with van der Waals surface area (Å²) in [4.78, 5) is 10.1. The second-order valence-electron chi connectivity index (χ2n) is 2.38. The maximum Gasteiger partial charge on any atom is 0.123 e. The highest BCUT2D eigenvalue weighted by Crippen LogP contribution is 2.10. The molecule has 2 atom stereocenters. The van der Waals surface area contributed by atoms with Crippen molar-refractivity contribution in [3.63, 3.8) is 0 Å². The summed E-state index contributed by atoms with van der Waals surface area (Å²) in [6, 6.07) is 0. The number of aldehydes is 1. The van der Waals surface area contributed by atoms with E-state index in [1.165, 1.54) is 0 Å². The van der Waals surface area contributed by atoms with Crippen molar-refractivity contribution in [1.82, 2.24) is 0 Å². The molecule has 0 rings (SSSR count). The monoisotopic (exact) mass is 150 g/mol. The van der Waals surface area contributed by atoms with Gasteiger partial charge in [-0.05, 0) is 5.92 Å². The molecule has 2 unspecified atom stereocenters. The molecule has 0 aromatic heterocycles. The molecule has 0 fully saturated rings. The van der Waals surface area contributed by atoms with Crippen LogP contribution in [0.1, 0.15) is 27.2 Å². The van der Waals surface area contributed by atoms with Crippen LogP contribution >= 0.6 is 12.4 Å². The molecule has 1 nitrogen and oxygen atoms in total. The van der Waals surface area contributed by atoms with Crippen LogP contribution in [0, 0.1) is 11.8 Å². The molecular formula is C7H15ClO. The third-order valence-electron chi connectivity index (χ3n) is 1.76. The fourth-order valence-corrected chi connectivity index (χ4v) is 0.506. The average Bonchev–Trinajstić information content (AvgIpc) is 1.84. The van der Waals surface area contributed by atoms with E-state index in [0.717, 1.165) is 12.7 Å². The van der Waals surface area contributed by atoms with Crippen LogP contribution in [0.5, 0.6) is 0 Å². The Hall–Kier alpha value is -0.0400. The van der Waals surface area contributed by atoms with Gasteiger partial charge in [-0.2, -0.15) is 0 Å². The van der Waals surface area contributed by atoms with Crippen molar-refractivity contribution >= 4 is 18.7 Å². The zero-order chi connectivity index (χ0) is 6.57. The maximum absolute atomic E-state index is 10.1. The quantitative estimate of drug-likeness (QED) is 0.565. The Bertz CT molecular complexity index is 73.3. The van der Waals surface area contributed by atoms with Crippen LogP contribution in [-0.4, -0.2) is 6.29 Å². The minimum absolute atomic E-state index is 0. The van der Waals surface area contributed by atoms with Crippen molar-refractivity contribution in [3.05, 3.63) is 0 Å². The molecule has 0 spiro atoms. The van der Waals surface area contributed by atoms with Crippen molar-refractivity contribution in [1.29, 1.82) is 0 Å². The highest BCUT2D eigenvalue weighted by molar-refractivity contribution is 5.85. The molecule has 0 saturated heterocycles. The van der Waals surface area contributed by atoms with Gasteiger partial charge in [0.15, 0.2) is 0 Å². The summed E-state index contributed by atoms with van der Waals surface area (Å²) >= 11 is 0. The summed E-state index contributed by atoms with van der Waals surface area (Å²) < 4.78 is 0. The van der Waals surface area contributed by atoms with Crippen LogP contribution < -0.4 is 0 Å². The Morgan fingerprint density at radius 2 is 1.89 bits per heavy atom. The van der Waals surface area contributed by atoms with E-state index in [0.29, 0.717) is 5.92 Å². The Morgan fingerprint density at radius 1 is 1.44 bits per heavy atom. The largest absolute Gasteiger partial charge is 0.303 e. The van der Waals surface area contributed by atoms with Gasteiger partial charge in [-0.1, -0.05) is 27.2 Å². The van der Waals surface area contributed by atoms with Crippen LogP contribution in [0.2, 0.25) is 0 Å². The molecule has 0 heterocycles. The summed E-state index contributed by atoms with van der Waals surface area (Å²) in [6.45, 7) is 6.16. The first-order valence-corrected chi connectivity index (χ1v) is 3.17.